The van der Waals surface area contributed by atoms with Crippen LogP contribution in [0.15, 0.2) is 29.2 Å². The van der Waals surface area contributed by atoms with Crippen molar-refractivity contribution in [2.45, 2.75) is 37.7 Å². The Balaban J connectivity index is 2.96. The van der Waals surface area contributed by atoms with Crippen molar-refractivity contribution < 1.29 is 13.5 Å². The van der Waals surface area contributed by atoms with Crippen LogP contribution >= 0.6 is 0 Å². The lowest BCUT2D eigenvalue weighted by Crippen LogP contribution is -2.30. The van der Waals surface area contributed by atoms with Gasteiger partial charge in [-0.1, -0.05) is 19.1 Å². The van der Waals surface area contributed by atoms with E-state index in [1.54, 1.807) is 25.1 Å². The van der Waals surface area contributed by atoms with Crippen LogP contribution in [-0.4, -0.2) is 44.1 Å². The molecule has 0 bridgehead atoms. The summed E-state index contributed by atoms with van der Waals surface area (Å²) in [4.78, 5) is 0.279. The summed E-state index contributed by atoms with van der Waals surface area (Å²) >= 11 is 0. The zero-order valence-corrected chi connectivity index (χ0v) is 13.2. The van der Waals surface area contributed by atoms with Gasteiger partial charge in [-0.25, -0.2) is 12.7 Å². The van der Waals surface area contributed by atoms with Gasteiger partial charge in [-0.15, -0.1) is 0 Å². The van der Waals surface area contributed by atoms with E-state index in [-0.39, 0.29) is 4.90 Å². The minimum absolute atomic E-state index is 0.279. The lowest BCUT2D eigenvalue weighted by molar-refractivity contribution is 0.177. The van der Waals surface area contributed by atoms with Gasteiger partial charge in [0, 0.05) is 20.1 Å². The molecular formula is C14H24N2O3S. The molecule has 1 aromatic rings. The van der Waals surface area contributed by atoms with E-state index in [2.05, 4.69) is 5.32 Å². The average molecular weight is 300 g/mol. The summed E-state index contributed by atoms with van der Waals surface area (Å²) in [6, 6.07) is 6.90. The van der Waals surface area contributed by atoms with E-state index in [9.17, 15) is 13.5 Å². The average Bonchev–Trinajstić information content (AvgIpc) is 2.42. The van der Waals surface area contributed by atoms with Crippen LogP contribution in [0.5, 0.6) is 0 Å². The van der Waals surface area contributed by atoms with Gasteiger partial charge in [0.25, 0.3) is 0 Å². The van der Waals surface area contributed by atoms with Crippen LogP contribution in [0.2, 0.25) is 0 Å². The van der Waals surface area contributed by atoms with E-state index >= 15 is 0 Å². The first kappa shape index (κ1) is 16.9. The lowest BCUT2D eigenvalue weighted by atomic mass is 10.3. The summed E-state index contributed by atoms with van der Waals surface area (Å²) in [6.45, 7) is 4.70. The number of nitrogens with one attached hydrogen (secondary N) is 1. The third-order valence-corrected chi connectivity index (χ3v) is 4.92. The molecule has 0 aromatic heterocycles. The van der Waals surface area contributed by atoms with Crippen LogP contribution in [0.1, 0.15) is 26.7 Å². The Morgan fingerprint density at radius 2 is 2.00 bits per heavy atom. The fraction of sp³-hybridized carbons (Fsp3) is 0.571. The van der Waals surface area contributed by atoms with E-state index in [4.69, 9.17) is 0 Å². The summed E-state index contributed by atoms with van der Waals surface area (Å²) in [5.41, 5.74) is 0.623. The number of rotatable bonds is 8. The number of benzene rings is 1. The minimum Gasteiger partial charge on any atom is -0.393 e. The first-order chi connectivity index (χ1) is 9.39. The molecule has 5 nitrogen and oxygen atoms in total. The maximum atomic E-state index is 12.5. The van der Waals surface area contributed by atoms with Crippen molar-refractivity contribution in [1.82, 2.24) is 4.31 Å². The largest absolute Gasteiger partial charge is 0.393 e. The molecule has 0 saturated carbocycles. The van der Waals surface area contributed by atoms with Gasteiger partial charge < -0.3 is 10.4 Å². The Kier molecular flexibility index (Phi) is 6.45. The van der Waals surface area contributed by atoms with Crippen LogP contribution < -0.4 is 5.32 Å². The fourth-order valence-corrected chi connectivity index (χ4v) is 3.10. The Hall–Kier alpha value is -1.11. The summed E-state index contributed by atoms with van der Waals surface area (Å²) in [5.74, 6) is 0. The molecule has 0 aliphatic rings. The molecule has 2 N–H and O–H groups in total. The maximum absolute atomic E-state index is 12.5. The van der Waals surface area contributed by atoms with Crippen molar-refractivity contribution >= 4 is 15.7 Å². The van der Waals surface area contributed by atoms with E-state index in [0.717, 1.165) is 13.0 Å². The van der Waals surface area contributed by atoms with E-state index < -0.39 is 16.1 Å². The third kappa shape index (κ3) is 4.47. The van der Waals surface area contributed by atoms with Crippen molar-refractivity contribution in [2.24, 2.45) is 0 Å². The number of sulfonamides is 1. The summed E-state index contributed by atoms with van der Waals surface area (Å²) in [7, 11) is -2.00. The van der Waals surface area contributed by atoms with E-state index in [0.29, 0.717) is 18.7 Å². The summed E-state index contributed by atoms with van der Waals surface area (Å²) in [5, 5.41) is 12.4. The maximum Gasteiger partial charge on any atom is 0.244 e. The van der Waals surface area contributed by atoms with Crippen molar-refractivity contribution in [1.29, 1.82) is 0 Å². The molecule has 20 heavy (non-hydrogen) atoms. The van der Waals surface area contributed by atoms with Gasteiger partial charge in [-0.05, 0) is 31.9 Å². The van der Waals surface area contributed by atoms with Crippen LogP contribution in [0.25, 0.3) is 0 Å². The van der Waals surface area contributed by atoms with Crippen molar-refractivity contribution in [3.63, 3.8) is 0 Å². The summed E-state index contributed by atoms with van der Waals surface area (Å²) < 4.78 is 26.3. The molecule has 0 saturated heterocycles. The van der Waals surface area contributed by atoms with Crippen LogP contribution in [-0.2, 0) is 10.0 Å². The summed E-state index contributed by atoms with van der Waals surface area (Å²) in [6.07, 6.45) is 0.827. The quantitative estimate of drug-likeness (QED) is 0.769. The highest BCUT2D eigenvalue weighted by molar-refractivity contribution is 7.89. The molecule has 0 spiro atoms. The van der Waals surface area contributed by atoms with Gasteiger partial charge in [0.2, 0.25) is 10.0 Å². The Morgan fingerprint density at radius 1 is 1.35 bits per heavy atom. The number of hydrogen-bond acceptors (Lipinski definition) is 4. The van der Waals surface area contributed by atoms with Gasteiger partial charge in [-0.3, -0.25) is 0 Å². The van der Waals surface area contributed by atoms with Crippen molar-refractivity contribution in [2.75, 3.05) is 25.5 Å². The first-order valence-corrected chi connectivity index (χ1v) is 8.31. The molecule has 0 heterocycles. The predicted molar refractivity (Wildman–Crippen MR) is 81.3 cm³/mol. The highest BCUT2D eigenvalue weighted by Crippen LogP contribution is 2.24. The van der Waals surface area contributed by atoms with Gasteiger partial charge >= 0.3 is 0 Å². The lowest BCUT2D eigenvalue weighted by Gasteiger charge is -2.20. The highest BCUT2D eigenvalue weighted by atomic mass is 32.2. The first-order valence-electron chi connectivity index (χ1n) is 6.87. The van der Waals surface area contributed by atoms with E-state index in [1.807, 2.05) is 13.0 Å². The molecular weight excluding hydrogens is 276 g/mol. The predicted octanol–water partition coefficient (Wildman–Crippen LogP) is 1.90. The van der Waals surface area contributed by atoms with Gasteiger partial charge in [0.15, 0.2) is 0 Å². The molecule has 114 valence electrons. The molecule has 0 radical (unpaired) electrons. The number of aliphatic hydroxyl groups excluding tert-OH is 1. The molecule has 0 amide bonds. The molecule has 0 aliphatic carbocycles. The number of aliphatic hydroxyl groups is 1. The minimum atomic E-state index is -3.54. The molecule has 0 aliphatic heterocycles. The topological polar surface area (TPSA) is 69.6 Å². The molecule has 6 heteroatoms. The standard InChI is InChI=1S/C14H24N2O3S/c1-4-10-15-13-7-5-6-8-14(13)20(18,19)16(3)11-9-12(2)17/h5-8,12,15,17H,4,9-11H2,1-3H3. The second kappa shape index (κ2) is 7.61. The SMILES string of the molecule is CCCNc1ccccc1S(=O)(=O)N(C)CCC(C)O. The number of anilines is 1. The number of nitrogens with zero attached hydrogens (tertiary/aromatic N) is 1. The van der Waals surface area contributed by atoms with Crippen LogP contribution in [0, 0.1) is 0 Å². The second-order valence-corrected chi connectivity index (χ2v) is 6.90. The zero-order chi connectivity index (χ0) is 15.2. The monoisotopic (exact) mass is 300 g/mol. The number of para-hydroxylation sites is 1. The molecule has 1 rings (SSSR count). The van der Waals surface area contributed by atoms with Gasteiger partial charge in [0.05, 0.1) is 11.8 Å². The zero-order valence-electron chi connectivity index (χ0n) is 12.3. The van der Waals surface area contributed by atoms with Crippen molar-refractivity contribution in [3.05, 3.63) is 24.3 Å². The Morgan fingerprint density at radius 3 is 2.60 bits per heavy atom. The van der Waals surface area contributed by atoms with Gasteiger partial charge in [-0.2, -0.15) is 0 Å². The highest BCUT2D eigenvalue weighted by Gasteiger charge is 2.23. The van der Waals surface area contributed by atoms with Crippen LogP contribution in [0.4, 0.5) is 5.69 Å². The fourth-order valence-electron chi connectivity index (χ4n) is 1.75. The molecule has 1 atom stereocenters. The second-order valence-electron chi connectivity index (χ2n) is 4.89. The van der Waals surface area contributed by atoms with E-state index in [1.165, 1.54) is 11.4 Å². The molecule has 1 aromatic carbocycles. The Labute approximate surface area is 121 Å². The molecule has 1 unspecified atom stereocenters. The van der Waals surface area contributed by atoms with Crippen LogP contribution in [0.3, 0.4) is 0 Å². The van der Waals surface area contributed by atoms with Crippen molar-refractivity contribution in [3.8, 4) is 0 Å². The smallest absolute Gasteiger partial charge is 0.244 e. The van der Waals surface area contributed by atoms with Gasteiger partial charge in [0.1, 0.15) is 4.90 Å². The normalized spacial score (nSPS) is 13.4. The number of hydrogen-bond donors (Lipinski definition) is 2. The molecule has 0 fully saturated rings. The third-order valence-electron chi connectivity index (χ3n) is 3.00. The Bertz CT molecular complexity index is 515.